The number of benzene rings is 1. The molecule has 1 aromatic rings. The van der Waals surface area contributed by atoms with Gasteiger partial charge in [0.2, 0.25) is 5.91 Å². The van der Waals surface area contributed by atoms with Crippen molar-refractivity contribution in [3.05, 3.63) is 38.3 Å². The van der Waals surface area contributed by atoms with Crippen molar-refractivity contribution in [3.63, 3.8) is 0 Å². The molecule has 0 bridgehead atoms. The number of hydrogen-bond donors (Lipinski definition) is 2. The van der Waals surface area contributed by atoms with E-state index in [1.165, 1.54) is 25.1 Å². The van der Waals surface area contributed by atoms with E-state index in [2.05, 4.69) is 26.6 Å². The zero-order chi connectivity index (χ0) is 19.4. The Morgan fingerprint density at radius 2 is 1.88 bits per heavy atom. The van der Waals surface area contributed by atoms with Crippen molar-refractivity contribution >= 4 is 33.6 Å². The maximum atomic E-state index is 12.6. The molecule has 9 heteroatoms. The first-order valence-corrected chi connectivity index (χ1v) is 8.44. The van der Waals surface area contributed by atoms with E-state index in [0.29, 0.717) is 16.6 Å². The van der Waals surface area contributed by atoms with Crippen molar-refractivity contribution < 1.29 is 19.2 Å². The highest BCUT2D eigenvalue weighted by Crippen LogP contribution is 2.32. The van der Waals surface area contributed by atoms with Gasteiger partial charge in [-0.1, -0.05) is 15.9 Å². The minimum Gasteiger partial charge on any atom is -0.444 e. The molecule has 1 rings (SSSR count). The highest BCUT2D eigenvalue weighted by molar-refractivity contribution is 9.10. The van der Waals surface area contributed by atoms with Gasteiger partial charge in [-0.3, -0.25) is 14.9 Å². The van der Waals surface area contributed by atoms with Crippen LogP contribution in [0, 0.1) is 10.1 Å². The summed E-state index contributed by atoms with van der Waals surface area (Å²) in [6.07, 6.45) is -0.772. The van der Waals surface area contributed by atoms with Crippen LogP contribution < -0.4 is 10.6 Å². The molecule has 0 aliphatic carbocycles. The van der Waals surface area contributed by atoms with Gasteiger partial charge >= 0.3 is 6.09 Å². The summed E-state index contributed by atoms with van der Waals surface area (Å²) in [4.78, 5) is 35.2. The third kappa shape index (κ3) is 5.42. The molecule has 0 saturated heterocycles. The number of hydrogen-bond acceptors (Lipinski definition) is 5. The Morgan fingerprint density at radius 3 is 2.32 bits per heavy atom. The van der Waals surface area contributed by atoms with E-state index in [9.17, 15) is 19.7 Å². The van der Waals surface area contributed by atoms with Gasteiger partial charge < -0.3 is 15.4 Å². The number of nitro groups is 1. The maximum Gasteiger partial charge on any atom is 0.408 e. The number of nitrogens with zero attached hydrogens (tertiary/aromatic N) is 1. The molecule has 2 amide bonds. The fourth-order valence-electron chi connectivity index (χ4n) is 2.11. The van der Waals surface area contributed by atoms with Crippen LogP contribution >= 0.6 is 15.9 Å². The predicted octanol–water partition coefficient (Wildman–Crippen LogP) is 3.23. The first kappa shape index (κ1) is 20.9. The molecule has 1 unspecified atom stereocenters. The summed E-state index contributed by atoms with van der Waals surface area (Å²) in [5.41, 5.74) is -1.98. The average molecular weight is 416 g/mol. The number of amides is 2. The van der Waals surface area contributed by atoms with Gasteiger partial charge in [-0.05, 0) is 40.7 Å². The van der Waals surface area contributed by atoms with Gasteiger partial charge in [0.25, 0.3) is 5.69 Å². The van der Waals surface area contributed by atoms with Gasteiger partial charge in [0.1, 0.15) is 11.1 Å². The van der Waals surface area contributed by atoms with Crippen LogP contribution in [0.4, 0.5) is 10.5 Å². The highest BCUT2D eigenvalue weighted by Gasteiger charge is 2.39. The molecule has 0 spiro atoms. The van der Waals surface area contributed by atoms with Crippen molar-refractivity contribution in [2.24, 2.45) is 0 Å². The van der Waals surface area contributed by atoms with E-state index >= 15 is 0 Å². The lowest BCUT2D eigenvalue weighted by Gasteiger charge is -2.32. The lowest BCUT2D eigenvalue weighted by molar-refractivity contribution is -0.385. The molecule has 1 atom stereocenters. The van der Waals surface area contributed by atoms with Crippen molar-refractivity contribution in [2.45, 2.75) is 45.8 Å². The maximum absolute atomic E-state index is 12.6. The normalized spacial score (nSPS) is 13.5. The van der Waals surface area contributed by atoms with Crippen LogP contribution in [0.25, 0.3) is 0 Å². The van der Waals surface area contributed by atoms with Crippen LogP contribution in [0.1, 0.15) is 40.2 Å². The number of carbonyl (C=O) groups excluding carboxylic acids is 2. The summed E-state index contributed by atoms with van der Waals surface area (Å²) in [5.74, 6) is -0.463. The van der Waals surface area contributed by atoms with Crippen LogP contribution in [0.2, 0.25) is 0 Å². The summed E-state index contributed by atoms with van der Waals surface area (Å²) in [6.45, 7) is 8.73. The van der Waals surface area contributed by atoms with Crippen LogP contribution in [0.5, 0.6) is 0 Å². The Bertz CT molecular complexity index is 687. The molecule has 0 heterocycles. The number of rotatable bonds is 5. The van der Waals surface area contributed by atoms with E-state index in [1.54, 1.807) is 27.7 Å². The number of non-ortho nitro benzene ring substituents is 1. The van der Waals surface area contributed by atoms with Gasteiger partial charge in [0.05, 0.1) is 4.92 Å². The summed E-state index contributed by atoms with van der Waals surface area (Å²) < 4.78 is 5.56. The second-order valence-corrected chi connectivity index (χ2v) is 7.39. The molecule has 138 valence electrons. The Balaban J connectivity index is 3.31. The third-order valence-corrected chi connectivity index (χ3v) is 3.90. The topological polar surface area (TPSA) is 111 Å². The van der Waals surface area contributed by atoms with Gasteiger partial charge in [-0.2, -0.15) is 0 Å². The van der Waals surface area contributed by atoms with Crippen LogP contribution in [0.15, 0.2) is 22.7 Å². The number of likely N-dealkylation sites (N-methyl/N-ethyl adjacent to an activating group) is 1. The molecule has 0 saturated carbocycles. The molecule has 0 aromatic heterocycles. The van der Waals surface area contributed by atoms with Crippen molar-refractivity contribution in [3.8, 4) is 0 Å². The Morgan fingerprint density at radius 1 is 1.28 bits per heavy atom. The quantitative estimate of drug-likeness (QED) is 0.566. The van der Waals surface area contributed by atoms with Crippen molar-refractivity contribution in [1.29, 1.82) is 0 Å². The largest absolute Gasteiger partial charge is 0.444 e. The molecule has 0 fully saturated rings. The standard InChI is InChI=1S/C16H22BrN3O5/c1-6-18-13(21)16(5,19-14(22)25-15(2,3)4)11-8-7-10(20(23)24)9-12(11)17/h7-9H,6H2,1-5H3,(H,18,21)(H,19,22). The molecule has 0 radical (unpaired) electrons. The Labute approximate surface area is 154 Å². The molecular weight excluding hydrogens is 394 g/mol. The zero-order valence-electron chi connectivity index (χ0n) is 14.8. The van der Waals surface area contributed by atoms with Crippen molar-refractivity contribution in [1.82, 2.24) is 10.6 Å². The number of nitro benzene ring substituents is 1. The van der Waals surface area contributed by atoms with E-state index in [0.717, 1.165) is 0 Å². The fraction of sp³-hybridized carbons (Fsp3) is 0.500. The average Bonchev–Trinajstić information content (AvgIpc) is 2.44. The number of alkyl carbamates (subject to hydrolysis) is 1. The van der Waals surface area contributed by atoms with Crippen molar-refractivity contribution in [2.75, 3.05) is 6.54 Å². The number of nitrogens with one attached hydrogen (secondary N) is 2. The smallest absolute Gasteiger partial charge is 0.408 e. The van der Waals surface area contributed by atoms with Gasteiger partial charge in [-0.15, -0.1) is 0 Å². The molecule has 25 heavy (non-hydrogen) atoms. The number of halogens is 1. The third-order valence-electron chi connectivity index (χ3n) is 3.24. The molecular formula is C16H22BrN3O5. The lowest BCUT2D eigenvalue weighted by atomic mass is 9.90. The fourth-order valence-corrected chi connectivity index (χ4v) is 2.88. The molecule has 0 aliphatic heterocycles. The van der Waals surface area contributed by atoms with E-state index in [1.807, 2.05) is 0 Å². The Hall–Kier alpha value is -2.16. The minimum absolute atomic E-state index is 0.133. The molecule has 0 aliphatic rings. The minimum atomic E-state index is -1.48. The number of carbonyl (C=O) groups is 2. The summed E-state index contributed by atoms with van der Waals surface area (Å²) in [7, 11) is 0. The van der Waals surface area contributed by atoms with E-state index in [4.69, 9.17) is 4.74 Å². The Kier molecular flexibility index (Phi) is 6.53. The molecule has 2 N–H and O–H groups in total. The first-order chi connectivity index (χ1) is 11.4. The first-order valence-electron chi connectivity index (χ1n) is 7.64. The predicted molar refractivity (Wildman–Crippen MR) is 96.2 cm³/mol. The summed E-state index contributed by atoms with van der Waals surface area (Å²) in [6, 6.07) is 3.98. The molecule has 1 aromatic carbocycles. The van der Waals surface area contributed by atoms with Crippen LogP contribution in [0.3, 0.4) is 0 Å². The second-order valence-electron chi connectivity index (χ2n) is 6.53. The van der Waals surface area contributed by atoms with Gasteiger partial charge in [0.15, 0.2) is 0 Å². The highest BCUT2D eigenvalue weighted by atomic mass is 79.9. The SMILES string of the molecule is CCNC(=O)C(C)(NC(=O)OC(C)(C)C)c1ccc([N+](=O)[O-])cc1Br. The summed E-state index contributed by atoms with van der Waals surface area (Å²) >= 11 is 3.25. The van der Waals surface area contributed by atoms with E-state index in [-0.39, 0.29) is 5.69 Å². The molecule has 8 nitrogen and oxygen atoms in total. The number of ether oxygens (including phenoxy) is 1. The van der Waals surface area contributed by atoms with Crippen LogP contribution in [-0.4, -0.2) is 29.1 Å². The van der Waals surface area contributed by atoms with E-state index < -0.39 is 28.1 Å². The van der Waals surface area contributed by atoms with Crippen LogP contribution in [-0.2, 0) is 15.1 Å². The summed E-state index contributed by atoms with van der Waals surface area (Å²) in [5, 5.41) is 16.1. The monoisotopic (exact) mass is 415 g/mol. The zero-order valence-corrected chi connectivity index (χ0v) is 16.4. The van der Waals surface area contributed by atoms with Gasteiger partial charge in [-0.25, -0.2) is 4.79 Å². The second kappa shape index (κ2) is 7.81. The lowest BCUT2D eigenvalue weighted by Crippen LogP contribution is -2.55. The van der Waals surface area contributed by atoms with Gasteiger partial charge in [0, 0.05) is 28.7 Å².